The maximum absolute atomic E-state index is 13.9. The Balaban J connectivity index is 1.57. The number of carbonyl (C=O) groups excluding carboxylic acids is 2. The molecule has 1 aliphatic heterocycles. The Morgan fingerprint density at radius 3 is 2.37 bits per heavy atom. The molecule has 0 amide bonds. The van der Waals surface area contributed by atoms with Crippen molar-refractivity contribution in [3.8, 4) is 16.9 Å². The van der Waals surface area contributed by atoms with E-state index >= 15 is 0 Å². The topological polar surface area (TPSA) is 103 Å². The zero-order chi connectivity index (χ0) is 26.2. The fourth-order valence-corrected chi connectivity index (χ4v) is 5.07. The molecule has 1 N–H and O–H groups in total. The second kappa shape index (κ2) is 9.33. The van der Waals surface area contributed by atoms with Crippen molar-refractivity contribution in [2.45, 2.75) is 12.1 Å². The maximum Gasteiger partial charge on any atom is 0.269 e. The Hall–Kier alpha value is -5.24. The molecule has 0 saturated heterocycles. The number of benzene rings is 3. The summed E-state index contributed by atoms with van der Waals surface area (Å²) in [6.45, 7) is 0. The van der Waals surface area contributed by atoms with Gasteiger partial charge in [-0.2, -0.15) is 0 Å². The number of non-ortho nitro benzene ring substituents is 1. The predicted molar refractivity (Wildman–Crippen MR) is 143 cm³/mol. The van der Waals surface area contributed by atoms with Crippen LogP contribution in [0.15, 0.2) is 103 Å². The molecule has 2 atom stereocenters. The van der Waals surface area contributed by atoms with Crippen LogP contribution < -0.4 is 10.1 Å². The lowest BCUT2D eigenvalue weighted by Gasteiger charge is -2.35. The van der Waals surface area contributed by atoms with Gasteiger partial charge in [-0.05, 0) is 42.0 Å². The van der Waals surface area contributed by atoms with E-state index in [1.165, 1.54) is 24.3 Å². The van der Waals surface area contributed by atoms with Crippen LogP contribution in [-0.2, 0) is 0 Å². The number of fused-ring (bicyclic) bond motifs is 2. The number of para-hydroxylation sites is 2. The van der Waals surface area contributed by atoms with Gasteiger partial charge in [0.25, 0.3) is 5.69 Å². The molecule has 0 spiro atoms. The quantitative estimate of drug-likeness (QED) is 0.130. The van der Waals surface area contributed by atoms with Crippen LogP contribution in [0.1, 0.15) is 32.5 Å². The number of aldehydes is 1. The van der Waals surface area contributed by atoms with Crippen LogP contribution in [0.5, 0.6) is 5.75 Å². The van der Waals surface area contributed by atoms with Crippen molar-refractivity contribution in [1.29, 1.82) is 0 Å². The lowest BCUT2D eigenvalue weighted by Crippen LogP contribution is -2.41. The number of nitrogens with one attached hydrogen (secondary N) is 1. The first-order valence-electron chi connectivity index (χ1n) is 12.0. The van der Waals surface area contributed by atoms with Crippen LogP contribution in [0.3, 0.4) is 0 Å². The average molecular weight is 504 g/mol. The van der Waals surface area contributed by atoms with E-state index < -0.39 is 17.1 Å². The molecule has 0 bridgehead atoms. The Morgan fingerprint density at radius 2 is 1.63 bits per heavy atom. The van der Waals surface area contributed by atoms with Gasteiger partial charge in [0.2, 0.25) is 5.78 Å². The third-order valence-electron chi connectivity index (χ3n) is 6.78. The summed E-state index contributed by atoms with van der Waals surface area (Å²) in [6.07, 6.45) is 1.63. The molecular weight excluding hydrogens is 482 g/mol. The summed E-state index contributed by atoms with van der Waals surface area (Å²) in [4.78, 5) is 37.0. The highest BCUT2D eigenvalue weighted by Gasteiger charge is 2.40. The Labute approximate surface area is 217 Å². The van der Waals surface area contributed by atoms with Crippen molar-refractivity contribution in [3.05, 3.63) is 130 Å². The van der Waals surface area contributed by atoms with Crippen molar-refractivity contribution < 1.29 is 19.2 Å². The number of nitrogens with zero attached hydrogens (tertiary/aromatic N) is 2. The minimum atomic E-state index is -1.01. The van der Waals surface area contributed by atoms with Crippen LogP contribution in [0.2, 0.25) is 0 Å². The SMILES string of the molecule is O=Cc1c(-c2ccccc2)c([C@@H]2Nc3ccccc3O[C@H]2C(=O)c2ccc([N+](=O)[O-])cc2)c2ccccn12. The fraction of sp³-hybridized carbons (Fsp3) is 0.0667. The van der Waals surface area contributed by atoms with Crippen LogP contribution in [0, 0.1) is 10.1 Å². The molecule has 1 aliphatic rings. The van der Waals surface area contributed by atoms with E-state index in [4.69, 9.17) is 4.74 Å². The van der Waals surface area contributed by atoms with Gasteiger partial charge in [-0.1, -0.05) is 48.5 Å². The number of hydrogen-bond acceptors (Lipinski definition) is 6. The van der Waals surface area contributed by atoms with Crippen molar-refractivity contribution in [3.63, 3.8) is 0 Å². The molecule has 0 unspecified atom stereocenters. The molecule has 6 rings (SSSR count). The molecular formula is C30H21N3O5. The van der Waals surface area contributed by atoms with Crippen LogP contribution in [0.25, 0.3) is 16.6 Å². The Kier molecular flexibility index (Phi) is 5.69. The molecule has 8 nitrogen and oxygen atoms in total. The van der Waals surface area contributed by atoms with Gasteiger partial charge in [-0.3, -0.25) is 19.7 Å². The van der Waals surface area contributed by atoms with E-state index in [9.17, 15) is 19.7 Å². The number of anilines is 1. The fourth-order valence-electron chi connectivity index (χ4n) is 5.07. The zero-order valence-electron chi connectivity index (χ0n) is 20.0. The molecule has 0 fully saturated rings. The van der Waals surface area contributed by atoms with Gasteiger partial charge < -0.3 is 14.5 Å². The number of rotatable bonds is 6. The summed E-state index contributed by atoms with van der Waals surface area (Å²) in [7, 11) is 0. The van der Waals surface area contributed by atoms with Gasteiger partial charge in [0.1, 0.15) is 5.75 Å². The van der Waals surface area contributed by atoms with Gasteiger partial charge in [0.05, 0.1) is 27.9 Å². The van der Waals surface area contributed by atoms with Crippen molar-refractivity contribution >= 4 is 29.0 Å². The third kappa shape index (κ3) is 3.79. The van der Waals surface area contributed by atoms with E-state index in [0.717, 1.165) is 22.9 Å². The number of Topliss-reactive ketones (excluding diaryl/α,β-unsaturated/α-hetero) is 1. The molecule has 3 heterocycles. The molecule has 0 aliphatic carbocycles. The molecule has 3 aromatic carbocycles. The number of hydrogen-bond donors (Lipinski definition) is 1. The smallest absolute Gasteiger partial charge is 0.269 e. The second-order valence-electron chi connectivity index (χ2n) is 8.94. The predicted octanol–water partition coefficient (Wildman–Crippen LogP) is 6.12. The number of nitro groups is 1. The van der Waals surface area contributed by atoms with E-state index in [2.05, 4.69) is 5.32 Å². The van der Waals surface area contributed by atoms with Crippen molar-refractivity contribution in [2.75, 3.05) is 5.32 Å². The number of ketones is 1. The molecule has 186 valence electrons. The largest absolute Gasteiger partial charge is 0.478 e. The first kappa shape index (κ1) is 23.2. The summed E-state index contributed by atoms with van der Waals surface area (Å²) >= 11 is 0. The van der Waals surface area contributed by atoms with Crippen LogP contribution in [-0.4, -0.2) is 27.5 Å². The molecule has 38 heavy (non-hydrogen) atoms. The number of ether oxygens (including phenoxy) is 1. The molecule has 5 aromatic rings. The first-order chi connectivity index (χ1) is 18.6. The third-order valence-corrected chi connectivity index (χ3v) is 6.78. The van der Waals surface area contributed by atoms with E-state index in [0.29, 0.717) is 22.7 Å². The van der Waals surface area contributed by atoms with E-state index in [1.54, 1.807) is 6.07 Å². The van der Waals surface area contributed by atoms with Gasteiger partial charge in [0.15, 0.2) is 12.4 Å². The van der Waals surface area contributed by atoms with E-state index in [1.807, 2.05) is 77.3 Å². The minimum absolute atomic E-state index is 0.105. The van der Waals surface area contributed by atoms with Crippen molar-refractivity contribution in [2.24, 2.45) is 0 Å². The molecule has 8 heteroatoms. The second-order valence-corrected chi connectivity index (χ2v) is 8.94. The number of aromatic nitrogens is 1. The highest BCUT2D eigenvalue weighted by Crippen LogP contribution is 2.44. The first-order valence-corrected chi connectivity index (χ1v) is 12.0. The van der Waals surface area contributed by atoms with Crippen molar-refractivity contribution in [1.82, 2.24) is 4.40 Å². The minimum Gasteiger partial charge on any atom is -0.478 e. The van der Waals surface area contributed by atoms with Gasteiger partial charge in [-0.15, -0.1) is 0 Å². The highest BCUT2D eigenvalue weighted by molar-refractivity contribution is 6.02. The molecule has 0 saturated carbocycles. The standard InChI is InChI=1S/C30H21N3O5/c34-18-24-26(19-8-2-1-3-9-19)27(23-11-6-7-17-32(23)24)28-30(38-25-12-5-4-10-22(25)31-28)29(35)20-13-15-21(16-14-20)33(36)37/h1-18,28,30-31H/t28-,30+/m0/s1. The van der Waals surface area contributed by atoms with Gasteiger partial charge >= 0.3 is 0 Å². The summed E-state index contributed by atoms with van der Waals surface area (Å²) < 4.78 is 8.15. The number of nitro benzene ring substituents is 1. The Morgan fingerprint density at radius 1 is 0.921 bits per heavy atom. The monoisotopic (exact) mass is 503 g/mol. The zero-order valence-corrected chi connectivity index (χ0v) is 20.0. The van der Waals surface area contributed by atoms with E-state index in [-0.39, 0.29) is 17.0 Å². The van der Waals surface area contributed by atoms with Gasteiger partial charge in [-0.25, -0.2) is 0 Å². The average Bonchev–Trinajstić information content (AvgIpc) is 3.31. The molecule has 2 aromatic heterocycles. The normalized spacial score (nSPS) is 16.2. The number of pyridine rings is 1. The Bertz CT molecular complexity index is 1690. The highest BCUT2D eigenvalue weighted by atomic mass is 16.6. The summed E-state index contributed by atoms with van der Waals surface area (Å²) in [5, 5.41) is 14.6. The lowest BCUT2D eigenvalue weighted by molar-refractivity contribution is -0.384. The number of carbonyl (C=O) groups is 2. The van der Waals surface area contributed by atoms with Crippen LogP contribution in [0.4, 0.5) is 11.4 Å². The lowest BCUT2D eigenvalue weighted by atomic mass is 9.88. The maximum atomic E-state index is 13.9. The summed E-state index contributed by atoms with van der Waals surface area (Å²) in [6, 6.07) is 27.3. The summed E-state index contributed by atoms with van der Waals surface area (Å²) in [5.74, 6) is 0.179. The molecule has 0 radical (unpaired) electrons. The van der Waals surface area contributed by atoms with Gasteiger partial charge in [0, 0.05) is 35.0 Å². The summed E-state index contributed by atoms with van der Waals surface area (Å²) in [5.41, 5.74) is 4.39. The van der Waals surface area contributed by atoms with Crippen LogP contribution >= 0.6 is 0 Å².